The van der Waals surface area contributed by atoms with Gasteiger partial charge in [-0.05, 0) is 31.2 Å². The van der Waals surface area contributed by atoms with Gasteiger partial charge in [-0.25, -0.2) is 0 Å². The Hall–Kier alpha value is -1.75. The quantitative estimate of drug-likeness (QED) is 0.315. The van der Waals surface area contributed by atoms with Crippen molar-refractivity contribution < 1.29 is 35.1 Å². The molecule has 2 rings (SSSR count). The number of carbonyl (C=O) groups excluding carboxylic acids is 1. The highest BCUT2D eigenvalue weighted by Crippen LogP contribution is 2.36. The number of phenolic OH excluding ortho intramolecular Hbond substituents is 1. The first-order valence-electron chi connectivity index (χ1n) is 8.30. The largest absolute Gasteiger partial charge is 0.508 e. The Kier molecular flexibility index (Phi) is 6.56. The van der Waals surface area contributed by atoms with E-state index in [1.54, 1.807) is 19.2 Å². The van der Waals surface area contributed by atoms with Crippen molar-refractivity contribution in [1.82, 2.24) is 10.6 Å². The number of rotatable bonds is 6. The van der Waals surface area contributed by atoms with Gasteiger partial charge < -0.3 is 40.9 Å². The van der Waals surface area contributed by atoms with Crippen molar-refractivity contribution in [3.8, 4) is 5.75 Å². The first-order valence-corrected chi connectivity index (χ1v) is 8.30. The summed E-state index contributed by atoms with van der Waals surface area (Å²) < 4.78 is 5.25. The zero-order valence-electron chi connectivity index (χ0n) is 14.7. The second-order valence-electron chi connectivity index (χ2n) is 6.50. The average Bonchev–Trinajstić information content (AvgIpc) is 2.61. The summed E-state index contributed by atoms with van der Waals surface area (Å²) in [6.07, 6.45) is -5.95. The average molecular weight is 370 g/mol. The molecule has 1 saturated heterocycles. The molecule has 9 nitrogen and oxygen atoms in total. The van der Waals surface area contributed by atoms with Gasteiger partial charge in [-0.15, -0.1) is 0 Å². The van der Waals surface area contributed by atoms with Crippen LogP contribution in [-0.2, 0) is 9.53 Å². The van der Waals surface area contributed by atoms with Crippen LogP contribution >= 0.6 is 0 Å². The number of hydrogen-bond donors (Lipinski definition) is 7. The Morgan fingerprint density at radius 2 is 1.88 bits per heavy atom. The molecule has 1 amide bonds. The first kappa shape index (κ1) is 20.6. The van der Waals surface area contributed by atoms with E-state index in [1.165, 1.54) is 19.1 Å². The van der Waals surface area contributed by atoms with Gasteiger partial charge in [0.15, 0.2) is 6.29 Å². The van der Waals surface area contributed by atoms with Gasteiger partial charge in [0, 0.05) is 13.0 Å². The summed E-state index contributed by atoms with van der Waals surface area (Å²) in [5, 5.41) is 55.6. The molecule has 0 saturated carbocycles. The van der Waals surface area contributed by atoms with Crippen molar-refractivity contribution in [2.45, 2.75) is 49.5 Å². The summed E-state index contributed by atoms with van der Waals surface area (Å²) in [4.78, 5) is 11.7. The number of aliphatic hydroxyl groups excluding tert-OH is 4. The number of nitrogens with one attached hydrogen (secondary N) is 2. The highest BCUT2D eigenvalue weighted by Gasteiger charge is 2.56. The molecule has 1 heterocycles. The lowest BCUT2D eigenvalue weighted by Crippen LogP contribution is -2.73. The van der Waals surface area contributed by atoms with E-state index in [0.717, 1.165) is 5.56 Å². The number of carbonyl (C=O) groups is 1. The van der Waals surface area contributed by atoms with E-state index in [4.69, 9.17) is 4.74 Å². The van der Waals surface area contributed by atoms with E-state index >= 15 is 0 Å². The second kappa shape index (κ2) is 8.30. The Morgan fingerprint density at radius 3 is 2.38 bits per heavy atom. The fourth-order valence-electron chi connectivity index (χ4n) is 3.34. The van der Waals surface area contributed by atoms with Gasteiger partial charge in [0.1, 0.15) is 29.6 Å². The van der Waals surface area contributed by atoms with Crippen LogP contribution in [0.3, 0.4) is 0 Å². The van der Waals surface area contributed by atoms with Crippen LogP contribution in [-0.4, -0.2) is 75.2 Å². The van der Waals surface area contributed by atoms with Gasteiger partial charge in [-0.2, -0.15) is 0 Å². The monoisotopic (exact) mass is 370 g/mol. The summed E-state index contributed by atoms with van der Waals surface area (Å²) in [7, 11) is 1.66. The maximum Gasteiger partial charge on any atom is 0.217 e. The standard InChI is InChI=1S/C17H26N2O7/c1-9(21)19-17(15(24)14(23)13(8-20)26-16(17)25)7-12(18-2)10-3-5-11(22)6-4-10/h3-6,12-16,18,20,22-25H,7-8H2,1-2H3,(H,19,21)/t12?,13-,14-,15+,16-,17-/m1/s1. The molecule has 0 aliphatic carbocycles. The van der Waals surface area contributed by atoms with Crippen LogP contribution in [0.4, 0.5) is 0 Å². The summed E-state index contributed by atoms with van der Waals surface area (Å²) >= 11 is 0. The van der Waals surface area contributed by atoms with Gasteiger partial charge in [0.25, 0.3) is 0 Å². The smallest absolute Gasteiger partial charge is 0.217 e. The molecular weight excluding hydrogens is 344 g/mol. The summed E-state index contributed by atoms with van der Waals surface area (Å²) in [6, 6.07) is 5.85. The second-order valence-corrected chi connectivity index (χ2v) is 6.50. The van der Waals surface area contributed by atoms with Crippen molar-refractivity contribution >= 4 is 5.91 Å². The van der Waals surface area contributed by atoms with E-state index in [2.05, 4.69) is 10.6 Å². The molecule has 0 bridgehead atoms. The Labute approximate surface area is 151 Å². The highest BCUT2D eigenvalue weighted by atomic mass is 16.6. The molecule has 9 heteroatoms. The lowest BCUT2D eigenvalue weighted by Gasteiger charge is -2.50. The number of hydrogen-bond acceptors (Lipinski definition) is 8. The van der Waals surface area contributed by atoms with Crippen LogP contribution in [0, 0.1) is 0 Å². The fraction of sp³-hybridized carbons (Fsp3) is 0.588. The summed E-state index contributed by atoms with van der Waals surface area (Å²) in [5.74, 6) is -0.440. The Balaban J connectivity index is 2.38. The van der Waals surface area contributed by atoms with E-state index in [1.807, 2.05) is 0 Å². The molecule has 1 aliphatic rings. The van der Waals surface area contributed by atoms with Crippen molar-refractivity contribution in [3.05, 3.63) is 29.8 Å². The lowest BCUT2D eigenvalue weighted by molar-refractivity contribution is -0.286. The molecule has 1 aliphatic heterocycles. The molecule has 0 radical (unpaired) electrons. The predicted molar refractivity (Wildman–Crippen MR) is 91.1 cm³/mol. The number of ether oxygens (including phenoxy) is 1. The summed E-state index contributed by atoms with van der Waals surface area (Å²) in [5.41, 5.74) is -0.976. The normalized spacial score (nSPS) is 32.8. The van der Waals surface area contributed by atoms with Crippen LogP contribution in [0.2, 0.25) is 0 Å². The third kappa shape index (κ3) is 3.98. The Bertz CT molecular complexity index is 612. The molecule has 1 aromatic carbocycles. The van der Waals surface area contributed by atoms with Crippen LogP contribution in [0.5, 0.6) is 5.75 Å². The van der Waals surface area contributed by atoms with Gasteiger partial charge in [-0.1, -0.05) is 12.1 Å². The van der Waals surface area contributed by atoms with Crippen molar-refractivity contribution in [1.29, 1.82) is 0 Å². The zero-order valence-corrected chi connectivity index (χ0v) is 14.7. The van der Waals surface area contributed by atoms with Gasteiger partial charge in [0.2, 0.25) is 5.91 Å². The number of aromatic hydroxyl groups is 1. The van der Waals surface area contributed by atoms with E-state index < -0.39 is 48.7 Å². The van der Waals surface area contributed by atoms with Gasteiger partial charge in [-0.3, -0.25) is 4.79 Å². The molecule has 7 N–H and O–H groups in total. The van der Waals surface area contributed by atoms with Crippen LogP contribution in [0.1, 0.15) is 24.9 Å². The molecule has 1 aromatic rings. The first-order chi connectivity index (χ1) is 12.2. The van der Waals surface area contributed by atoms with E-state index in [0.29, 0.717) is 0 Å². The zero-order chi connectivity index (χ0) is 19.5. The molecule has 0 spiro atoms. The molecule has 1 fully saturated rings. The minimum absolute atomic E-state index is 0.0224. The topological polar surface area (TPSA) is 152 Å². The minimum atomic E-state index is -1.71. The number of benzene rings is 1. The molecule has 146 valence electrons. The third-order valence-electron chi connectivity index (χ3n) is 4.75. The summed E-state index contributed by atoms with van der Waals surface area (Å²) in [6.45, 7) is 0.624. The number of aliphatic hydroxyl groups is 4. The minimum Gasteiger partial charge on any atom is -0.508 e. The fourth-order valence-corrected chi connectivity index (χ4v) is 3.34. The molecule has 26 heavy (non-hydrogen) atoms. The maximum atomic E-state index is 11.7. The van der Waals surface area contributed by atoms with Gasteiger partial charge >= 0.3 is 0 Å². The number of phenols is 1. The molecule has 6 atom stereocenters. The maximum absolute atomic E-state index is 11.7. The van der Waals surface area contributed by atoms with E-state index in [9.17, 15) is 30.3 Å². The highest BCUT2D eigenvalue weighted by molar-refractivity contribution is 5.74. The predicted octanol–water partition coefficient (Wildman–Crippen LogP) is -1.65. The van der Waals surface area contributed by atoms with Crippen LogP contribution in [0.15, 0.2) is 24.3 Å². The molecule has 0 aromatic heterocycles. The van der Waals surface area contributed by atoms with E-state index in [-0.39, 0.29) is 12.2 Å². The Morgan fingerprint density at radius 1 is 1.27 bits per heavy atom. The SMILES string of the molecule is CNC(C[C@]1(NC(C)=O)[C@H](O)O[C@H](CO)[C@@H](O)[C@@H]1O)c1ccc(O)cc1. The van der Waals surface area contributed by atoms with Crippen LogP contribution < -0.4 is 10.6 Å². The lowest BCUT2D eigenvalue weighted by atomic mass is 9.77. The van der Waals surface area contributed by atoms with Crippen molar-refractivity contribution in [2.24, 2.45) is 0 Å². The van der Waals surface area contributed by atoms with Gasteiger partial charge in [0.05, 0.1) is 6.61 Å². The van der Waals surface area contributed by atoms with Crippen molar-refractivity contribution in [3.63, 3.8) is 0 Å². The third-order valence-corrected chi connectivity index (χ3v) is 4.75. The number of amides is 1. The van der Waals surface area contributed by atoms with Crippen molar-refractivity contribution in [2.75, 3.05) is 13.7 Å². The molecular formula is C17H26N2O7. The van der Waals surface area contributed by atoms with Crippen LogP contribution in [0.25, 0.3) is 0 Å². The molecule has 1 unspecified atom stereocenters.